The van der Waals surface area contributed by atoms with E-state index in [4.69, 9.17) is 0 Å². The zero-order chi connectivity index (χ0) is 17.4. The molecule has 1 saturated heterocycles. The number of anilines is 1. The fourth-order valence-corrected chi connectivity index (χ4v) is 3.44. The number of fused-ring (bicyclic) bond motifs is 1. The number of carboxylic acid groups (broad SMARTS) is 1. The monoisotopic (exact) mass is 329 g/mol. The maximum Gasteiger partial charge on any atom is 0.341 e. The Bertz CT molecular complexity index is 857. The van der Waals surface area contributed by atoms with Gasteiger partial charge >= 0.3 is 5.97 Å². The van der Waals surface area contributed by atoms with Crippen LogP contribution in [0.1, 0.15) is 29.8 Å². The third-order valence-corrected chi connectivity index (χ3v) is 4.68. The van der Waals surface area contributed by atoms with E-state index in [0.29, 0.717) is 18.0 Å². The highest BCUT2D eigenvalue weighted by Crippen LogP contribution is 2.26. The van der Waals surface area contributed by atoms with Crippen LogP contribution in [0, 0.1) is 6.92 Å². The summed E-state index contributed by atoms with van der Waals surface area (Å²) in [5.74, 6) is -1.18. The maximum absolute atomic E-state index is 12.5. The van der Waals surface area contributed by atoms with Gasteiger partial charge in [-0.3, -0.25) is 4.79 Å². The molecular weight excluding hydrogens is 306 g/mol. The van der Waals surface area contributed by atoms with Gasteiger partial charge in [0.15, 0.2) is 0 Å². The molecule has 1 unspecified atom stereocenters. The van der Waals surface area contributed by atoms with Crippen LogP contribution in [0.2, 0.25) is 0 Å². The molecule has 2 N–H and O–H groups in total. The van der Waals surface area contributed by atoms with E-state index in [0.717, 1.165) is 36.4 Å². The van der Waals surface area contributed by atoms with Crippen molar-refractivity contribution in [2.45, 2.75) is 33.4 Å². The topological polar surface area (TPSA) is 74.6 Å². The Labute approximate surface area is 140 Å². The van der Waals surface area contributed by atoms with Gasteiger partial charge in [0.25, 0.3) is 0 Å². The van der Waals surface area contributed by atoms with E-state index in [-0.39, 0.29) is 5.56 Å². The normalized spacial score (nSPS) is 18.1. The zero-order valence-electron chi connectivity index (χ0n) is 14.3. The summed E-state index contributed by atoms with van der Waals surface area (Å²) in [6.45, 7) is 9.45. The van der Waals surface area contributed by atoms with Crippen LogP contribution in [0.3, 0.4) is 0 Å². The standard InChI is InChI=1S/C18H23N3O3/c1-4-20-10-14(18(23)24)17(22)13-7-11(2)15(8-16(13)20)21-6-5-19-12(3)9-21/h7-8,10,12,19H,4-6,9H2,1-3H3,(H,23,24). The van der Waals surface area contributed by atoms with Crippen LogP contribution in [0.15, 0.2) is 23.1 Å². The van der Waals surface area contributed by atoms with Crippen molar-refractivity contribution in [1.82, 2.24) is 9.88 Å². The molecule has 1 aromatic heterocycles. The van der Waals surface area contributed by atoms with Crippen molar-refractivity contribution in [3.63, 3.8) is 0 Å². The lowest BCUT2D eigenvalue weighted by molar-refractivity contribution is 0.0695. The third-order valence-electron chi connectivity index (χ3n) is 4.68. The van der Waals surface area contributed by atoms with Crippen LogP contribution in [0.4, 0.5) is 5.69 Å². The number of piperazine rings is 1. The molecule has 128 valence electrons. The highest BCUT2D eigenvalue weighted by Gasteiger charge is 2.20. The first kappa shape index (κ1) is 16.5. The average Bonchev–Trinajstić information content (AvgIpc) is 2.55. The fraction of sp³-hybridized carbons (Fsp3) is 0.444. The second-order valence-corrected chi connectivity index (χ2v) is 6.42. The molecule has 1 fully saturated rings. The van der Waals surface area contributed by atoms with Crippen molar-refractivity contribution in [1.29, 1.82) is 0 Å². The number of carboxylic acids is 1. The van der Waals surface area contributed by atoms with Crippen molar-refractivity contribution in [3.05, 3.63) is 39.7 Å². The average molecular weight is 329 g/mol. The summed E-state index contributed by atoms with van der Waals surface area (Å²) >= 11 is 0. The molecule has 3 rings (SSSR count). The molecular formula is C18H23N3O3. The zero-order valence-corrected chi connectivity index (χ0v) is 14.3. The van der Waals surface area contributed by atoms with Crippen LogP contribution < -0.4 is 15.6 Å². The van der Waals surface area contributed by atoms with Gasteiger partial charge in [-0.15, -0.1) is 0 Å². The molecule has 6 nitrogen and oxygen atoms in total. The highest BCUT2D eigenvalue weighted by atomic mass is 16.4. The summed E-state index contributed by atoms with van der Waals surface area (Å²) in [4.78, 5) is 26.2. The minimum atomic E-state index is -1.18. The van der Waals surface area contributed by atoms with E-state index >= 15 is 0 Å². The van der Waals surface area contributed by atoms with Gasteiger partial charge in [0, 0.05) is 49.5 Å². The van der Waals surface area contributed by atoms with Gasteiger partial charge < -0.3 is 19.9 Å². The number of aromatic nitrogens is 1. The molecule has 0 saturated carbocycles. The largest absolute Gasteiger partial charge is 0.477 e. The first-order valence-corrected chi connectivity index (χ1v) is 8.31. The maximum atomic E-state index is 12.5. The Balaban J connectivity index is 2.22. The summed E-state index contributed by atoms with van der Waals surface area (Å²) in [6.07, 6.45) is 1.45. The molecule has 0 radical (unpaired) electrons. The minimum absolute atomic E-state index is 0.174. The number of aryl methyl sites for hydroxylation is 2. The summed E-state index contributed by atoms with van der Waals surface area (Å²) in [7, 11) is 0. The quantitative estimate of drug-likeness (QED) is 0.898. The van der Waals surface area contributed by atoms with Gasteiger partial charge in [-0.05, 0) is 38.5 Å². The number of nitrogens with zero attached hydrogens (tertiary/aromatic N) is 2. The lowest BCUT2D eigenvalue weighted by Crippen LogP contribution is -2.49. The highest BCUT2D eigenvalue weighted by molar-refractivity contribution is 5.94. The Kier molecular flexibility index (Phi) is 4.32. The van der Waals surface area contributed by atoms with Crippen LogP contribution >= 0.6 is 0 Å². The van der Waals surface area contributed by atoms with Crippen LogP contribution in [0.5, 0.6) is 0 Å². The smallest absolute Gasteiger partial charge is 0.341 e. The van der Waals surface area contributed by atoms with Gasteiger partial charge in [-0.2, -0.15) is 0 Å². The predicted molar refractivity (Wildman–Crippen MR) is 95.3 cm³/mol. The van der Waals surface area contributed by atoms with E-state index in [1.54, 1.807) is 0 Å². The van der Waals surface area contributed by atoms with Crippen molar-refractivity contribution in [3.8, 4) is 0 Å². The Morgan fingerprint density at radius 2 is 2.17 bits per heavy atom. The second-order valence-electron chi connectivity index (χ2n) is 6.42. The molecule has 1 atom stereocenters. The molecule has 1 aliphatic heterocycles. The Hall–Kier alpha value is -2.34. The molecule has 6 heteroatoms. The number of hydrogen-bond acceptors (Lipinski definition) is 4. The van der Waals surface area contributed by atoms with Crippen LogP contribution in [0.25, 0.3) is 10.9 Å². The Morgan fingerprint density at radius 3 is 2.79 bits per heavy atom. The van der Waals surface area contributed by atoms with Gasteiger partial charge in [0.05, 0.1) is 5.52 Å². The molecule has 1 aliphatic rings. The number of aromatic carboxylic acids is 1. The molecule has 0 amide bonds. The molecule has 0 spiro atoms. The van der Waals surface area contributed by atoms with Crippen molar-refractivity contribution in [2.24, 2.45) is 0 Å². The van der Waals surface area contributed by atoms with Crippen molar-refractivity contribution in [2.75, 3.05) is 24.5 Å². The summed E-state index contributed by atoms with van der Waals surface area (Å²) in [5.41, 5.74) is 2.32. The van der Waals surface area contributed by atoms with Gasteiger partial charge in [-0.1, -0.05) is 0 Å². The number of benzene rings is 1. The first-order valence-electron chi connectivity index (χ1n) is 8.31. The number of hydrogen-bond donors (Lipinski definition) is 2. The molecule has 2 aromatic rings. The third kappa shape index (κ3) is 2.78. The fourth-order valence-electron chi connectivity index (χ4n) is 3.44. The summed E-state index contributed by atoms with van der Waals surface area (Å²) < 4.78 is 1.84. The molecule has 0 aliphatic carbocycles. The van der Waals surface area contributed by atoms with Crippen LogP contribution in [-0.4, -0.2) is 41.3 Å². The lowest BCUT2D eigenvalue weighted by atomic mass is 10.0. The number of carbonyl (C=O) groups is 1. The van der Waals surface area contributed by atoms with Crippen molar-refractivity contribution >= 4 is 22.6 Å². The van der Waals surface area contributed by atoms with Crippen molar-refractivity contribution < 1.29 is 9.90 Å². The number of pyridine rings is 1. The van der Waals surface area contributed by atoms with E-state index in [9.17, 15) is 14.7 Å². The summed E-state index contributed by atoms with van der Waals surface area (Å²) in [5, 5.41) is 13.2. The predicted octanol–water partition coefficient (Wildman–Crippen LogP) is 1.83. The molecule has 24 heavy (non-hydrogen) atoms. The Morgan fingerprint density at radius 1 is 1.42 bits per heavy atom. The first-order chi connectivity index (χ1) is 11.4. The van der Waals surface area contributed by atoms with Gasteiger partial charge in [-0.25, -0.2) is 4.79 Å². The lowest BCUT2D eigenvalue weighted by Gasteiger charge is -2.35. The van der Waals surface area contributed by atoms with Crippen LogP contribution in [-0.2, 0) is 6.54 Å². The number of nitrogens with one attached hydrogen (secondary N) is 1. The van der Waals surface area contributed by atoms with E-state index < -0.39 is 11.4 Å². The van der Waals surface area contributed by atoms with E-state index in [1.165, 1.54) is 6.20 Å². The van der Waals surface area contributed by atoms with Gasteiger partial charge in [0.2, 0.25) is 5.43 Å². The number of rotatable bonds is 3. The van der Waals surface area contributed by atoms with Gasteiger partial charge in [0.1, 0.15) is 5.56 Å². The van der Waals surface area contributed by atoms with E-state index in [2.05, 4.69) is 17.1 Å². The molecule has 2 heterocycles. The molecule has 1 aromatic carbocycles. The minimum Gasteiger partial charge on any atom is -0.477 e. The van der Waals surface area contributed by atoms with E-state index in [1.807, 2.05) is 30.5 Å². The second kappa shape index (κ2) is 6.28. The molecule has 0 bridgehead atoms. The SMILES string of the molecule is CCn1cc(C(=O)O)c(=O)c2cc(C)c(N3CCNC(C)C3)cc21. The summed E-state index contributed by atoms with van der Waals surface area (Å²) in [6, 6.07) is 4.27.